The van der Waals surface area contributed by atoms with Crippen molar-refractivity contribution >= 4 is 28.9 Å². The topological polar surface area (TPSA) is 68.7 Å². The predicted molar refractivity (Wildman–Crippen MR) is 172 cm³/mol. The Morgan fingerprint density at radius 1 is 0.884 bits per heavy atom. The van der Waals surface area contributed by atoms with Gasteiger partial charge in [0.2, 0.25) is 5.91 Å². The fraction of sp³-hybridized carbons (Fsp3) is 0.528. The number of hydrogen-bond donors (Lipinski definition) is 0. The van der Waals surface area contributed by atoms with Gasteiger partial charge in [-0.1, -0.05) is 24.3 Å². The van der Waals surface area contributed by atoms with Gasteiger partial charge in [0.25, 0.3) is 0 Å². The molecular formula is C36H44N2O4S. The number of anilines is 1. The summed E-state index contributed by atoms with van der Waals surface area (Å²) in [5.74, 6) is 2.50. The minimum atomic E-state index is -0.144. The van der Waals surface area contributed by atoms with Crippen LogP contribution in [0.25, 0.3) is 10.4 Å². The third-order valence-electron chi connectivity index (χ3n) is 9.95. The van der Waals surface area contributed by atoms with Crippen LogP contribution in [0.3, 0.4) is 0 Å². The molecule has 0 bridgehead atoms. The number of thiazole rings is 1. The molecule has 0 spiro atoms. The number of esters is 1. The molecule has 0 N–H and O–H groups in total. The number of carbonyl (C=O) groups is 2. The van der Waals surface area contributed by atoms with E-state index in [1.54, 1.807) is 18.4 Å². The fourth-order valence-corrected chi connectivity index (χ4v) is 8.23. The van der Waals surface area contributed by atoms with Crippen LogP contribution in [0.15, 0.2) is 48.7 Å². The fourth-order valence-electron chi connectivity index (χ4n) is 7.15. The summed E-state index contributed by atoms with van der Waals surface area (Å²) in [5.41, 5.74) is 4.69. The third-order valence-corrected chi connectivity index (χ3v) is 11.2. The average Bonchev–Trinajstić information content (AvgIpc) is 3.79. The lowest BCUT2D eigenvalue weighted by atomic mass is 9.77. The first-order valence-corrected chi connectivity index (χ1v) is 16.8. The summed E-state index contributed by atoms with van der Waals surface area (Å²) in [5, 5.41) is 1.24. The molecule has 0 aliphatic heterocycles. The van der Waals surface area contributed by atoms with Gasteiger partial charge in [-0.25, -0.2) is 4.98 Å². The van der Waals surface area contributed by atoms with E-state index < -0.39 is 0 Å². The van der Waals surface area contributed by atoms with Crippen LogP contribution in [-0.4, -0.2) is 37.6 Å². The largest absolute Gasteiger partial charge is 0.496 e. The quantitative estimate of drug-likeness (QED) is 0.231. The van der Waals surface area contributed by atoms with Crippen molar-refractivity contribution < 1.29 is 19.1 Å². The lowest BCUT2D eigenvalue weighted by Crippen LogP contribution is -2.42. The maximum absolute atomic E-state index is 14.2. The highest BCUT2D eigenvalue weighted by Crippen LogP contribution is 2.44. The highest BCUT2D eigenvalue weighted by Gasteiger charge is 2.35. The number of hydrogen-bond acceptors (Lipinski definition) is 6. The van der Waals surface area contributed by atoms with E-state index in [4.69, 9.17) is 14.5 Å². The number of ether oxygens (including phenoxy) is 2. The van der Waals surface area contributed by atoms with Gasteiger partial charge in [0.05, 0.1) is 30.0 Å². The second-order valence-electron chi connectivity index (χ2n) is 12.9. The summed E-state index contributed by atoms with van der Waals surface area (Å²) in [4.78, 5) is 34.3. The summed E-state index contributed by atoms with van der Waals surface area (Å²) in [6.07, 6.45) is 11.9. The number of aromatic nitrogens is 1. The van der Waals surface area contributed by atoms with E-state index in [2.05, 4.69) is 54.3 Å². The van der Waals surface area contributed by atoms with E-state index in [1.807, 2.05) is 6.20 Å². The number of carbonyl (C=O) groups excluding carboxylic acids is 2. The first kappa shape index (κ1) is 29.9. The van der Waals surface area contributed by atoms with Crippen LogP contribution in [0, 0.1) is 24.7 Å². The van der Waals surface area contributed by atoms with Crippen molar-refractivity contribution in [3.8, 4) is 16.2 Å². The molecule has 0 unspecified atom stereocenters. The number of rotatable bonds is 9. The Labute approximate surface area is 259 Å². The number of benzene rings is 2. The summed E-state index contributed by atoms with van der Waals surface area (Å²) < 4.78 is 10.5. The van der Waals surface area contributed by atoms with Gasteiger partial charge in [-0.05, 0) is 118 Å². The standard InChI is InChI=1S/C36H44N2O4S/c1-23-19-29(17-18-32(23)41-2)25-9-7-24(8-10-25)22-38(35(39)27-13-15-28(16-14-27)36(40)42-3)31-6-4-5-30(20-31)33-21-37-34(43-33)26-11-12-26/h4-6,17-21,24-28H,7-16,22H2,1-3H3/t24-,25-,27-,28-. The predicted octanol–water partition coefficient (Wildman–Crippen LogP) is 8.29. The second-order valence-corrected chi connectivity index (χ2v) is 13.9. The molecule has 3 fully saturated rings. The van der Waals surface area contributed by atoms with Gasteiger partial charge < -0.3 is 14.4 Å². The minimum Gasteiger partial charge on any atom is -0.496 e. The molecule has 43 heavy (non-hydrogen) atoms. The number of nitrogens with zero attached hydrogens (tertiary/aromatic N) is 2. The molecule has 3 aliphatic rings. The van der Waals surface area contributed by atoms with Crippen molar-refractivity contribution in [2.45, 2.75) is 83.0 Å². The number of methoxy groups -OCH3 is 2. The summed E-state index contributed by atoms with van der Waals surface area (Å²) >= 11 is 1.79. The molecule has 228 valence electrons. The molecule has 2 aromatic carbocycles. The molecular weight excluding hydrogens is 556 g/mol. The third kappa shape index (κ3) is 6.82. The lowest BCUT2D eigenvalue weighted by molar-refractivity contribution is -0.147. The molecule has 1 heterocycles. The van der Waals surface area contributed by atoms with Gasteiger partial charge in [-0.2, -0.15) is 0 Å². The van der Waals surface area contributed by atoms with E-state index in [0.717, 1.165) is 62.1 Å². The van der Waals surface area contributed by atoms with E-state index in [0.29, 0.717) is 30.6 Å². The Balaban J connectivity index is 1.19. The van der Waals surface area contributed by atoms with Crippen molar-refractivity contribution in [1.82, 2.24) is 4.98 Å². The van der Waals surface area contributed by atoms with E-state index in [1.165, 1.54) is 41.0 Å². The monoisotopic (exact) mass is 600 g/mol. The van der Waals surface area contributed by atoms with Crippen LogP contribution in [0.4, 0.5) is 5.69 Å². The van der Waals surface area contributed by atoms with E-state index >= 15 is 0 Å². The van der Waals surface area contributed by atoms with Crippen LogP contribution < -0.4 is 9.64 Å². The van der Waals surface area contributed by atoms with Crippen LogP contribution in [0.2, 0.25) is 0 Å². The molecule has 6 nitrogen and oxygen atoms in total. The summed E-state index contributed by atoms with van der Waals surface area (Å²) in [6, 6.07) is 15.1. The molecule has 0 atom stereocenters. The normalized spacial score (nSPS) is 23.9. The Bertz CT molecular complexity index is 1430. The van der Waals surface area contributed by atoms with Gasteiger partial charge in [0.15, 0.2) is 0 Å². The zero-order valence-electron chi connectivity index (χ0n) is 25.7. The molecule has 0 radical (unpaired) electrons. The average molecular weight is 601 g/mol. The maximum Gasteiger partial charge on any atom is 0.308 e. The highest BCUT2D eigenvalue weighted by molar-refractivity contribution is 7.15. The number of amides is 1. The van der Waals surface area contributed by atoms with Crippen LogP contribution in [0.1, 0.15) is 92.2 Å². The molecule has 3 aromatic rings. The van der Waals surface area contributed by atoms with E-state index in [-0.39, 0.29) is 23.7 Å². The highest BCUT2D eigenvalue weighted by atomic mass is 32.1. The maximum atomic E-state index is 14.2. The Kier molecular flexibility index (Phi) is 9.17. The van der Waals surface area contributed by atoms with Gasteiger partial charge in [0, 0.05) is 30.3 Å². The molecule has 3 aliphatic carbocycles. The van der Waals surface area contributed by atoms with Crippen molar-refractivity contribution in [3.05, 3.63) is 64.8 Å². The lowest BCUT2D eigenvalue weighted by Gasteiger charge is -2.36. The van der Waals surface area contributed by atoms with Crippen molar-refractivity contribution in [1.29, 1.82) is 0 Å². The Hall–Kier alpha value is -3.19. The van der Waals surface area contributed by atoms with Crippen molar-refractivity contribution in [3.63, 3.8) is 0 Å². The van der Waals surface area contributed by atoms with Crippen LogP contribution in [0.5, 0.6) is 5.75 Å². The Morgan fingerprint density at radius 3 is 2.28 bits per heavy atom. The van der Waals surface area contributed by atoms with Crippen LogP contribution in [-0.2, 0) is 14.3 Å². The molecule has 0 saturated heterocycles. The number of aryl methyl sites for hydroxylation is 1. The zero-order chi connectivity index (χ0) is 29.9. The smallest absolute Gasteiger partial charge is 0.308 e. The minimum absolute atomic E-state index is 0.0620. The van der Waals surface area contributed by atoms with Gasteiger partial charge in [-0.3, -0.25) is 9.59 Å². The summed E-state index contributed by atoms with van der Waals surface area (Å²) in [6.45, 7) is 2.85. The molecule has 1 amide bonds. The van der Waals surface area contributed by atoms with Crippen LogP contribution >= 0.6 is 11.3 Å². The Morgan fingerprint density at radius 2 is 1.60 bits per heavy atom. The first-order valence-electron chi connectivity index (χ1n) is 16.0. The summed E-state index contributed by atoms with van der Waals surface area (Å²) in [7, 11) is 3.18. The molecule has 7 heteroatoms. The van der Waals surface area contributed by atoms with Gasteiger partial charge in [-0.15, -0.1) is 11.3 Å². The van der Waals surface area contributed by atoms with Crippen molar-refractivity contribution in [2.75, 3.05) is 25.7 Å². The SMILES string of the molecule is COc1ccc([C@H]2CC[C@H](CN(c3cccc(-c4cnc(C5CC5)s4)c3)C(=O)[C@H]3CC[C@H](C(=O)OC)CC3)CC2)cc1C. The van der Waals surface area contributed by atoms with Gasteiger partial charge >= 0.3 is 5.97 Å². The van der Waals surface area contributed by atoms with Crippen molar-refractivity contribution in [2.24, 2.45) is 17.8 Å². The van der Waals surface area contributed by atoms with Gasteiger partial charge in [0.1, 0.15) is 5.75 Å². The molecule has 3 saturated carbocycles. The molecule has 1 aromatic heterocycles. The first-order chi connectivity index (χ1) is 20.9. The molecule has 6 rings (SSSR count). The van der Waals surface area contributed by atoms with E-state index in [9.17, 15) is 9.59 Å². The second kappa shape index (κ2) is 13.2. The zero-order valence-corrected chi connectivity index (χ0v) is 26.5.